The number of imidazole rings is 1. The van der Waals surface area contributed by atoms with E-state index in [-0.39, 0.29) is 46.7 Å². The summed E-state index contributed by atoms with van der Waals surface area (Å²) in [5, 5.41) is 5.11. The van der Waals surface area contributed by atoms with Gasteiger partial charge in [-0.25, -0.2) is 18.4 Å². The molecule has 3 heterocycles. The summed E-state index contributed by atoms with van der Waals surface area (Å²) in [5.74, 6) is -1.00. The first-order chi connectivity index (χ1) is 17.0. The second-order valence-electron chi connectivity index (χ2n) is 7.10. The number of nitrogens with one attached hydrogen (secondary N) is 5. The van der Waals surface area contributed by atoms with Crippen LogP contribution in [0.15, 0.2) is 41.1 Å². The van der Waals surface area contributed by atoms with Crippen molar-refractivity contribution >= 4 is 50.6 Å². The van der Waals surface area contributed by atoms with Crippen LogP contribution in [0, 0.1) is 0 Å². The maximum Gasteiger partial charge on any atom is 0.417 e. The van der Waals surface area contributed by atoms with Gasteiger partial charge in [-0.05, 0) is 24.6 Å². The van der Waals surface area contributed by atoms with Crippen LogP contribution in [0.2, 0.25) is 5.02 Å². The monoisotopic (exact) mass is 565 g/mol. The lowest BCUT2D eigenvalue weighted by molar-refractivity contribution is -0.137. The van der Waals surface area contributed by atoms with E-state index in [1.165, 1.54) is 24.7 Å². The van der Waals surface area contributed by atoms with E-state index < -0.39 is 33.6 Å². The molecule has 0 saturated carbocycles. The second kappa shape index (κ2) is 11.7. The van der Waals surface area contributed by atoms with E-state index in [1.807, 2.05) is 4.83 Å². The Morgan fingerprint density at radius 1 is 1.19 bits per heavy atom. The predicted molar refractivity (Wildman–Crippen MR) is 125 cm³/mol. The molecule has 0 bridgehead atoms. The highest BCUT2D eigenvalue weighted by molar-refractivity contribution is 7.91. The van der Waals surface area contributed by atoms with Crippen LogP contribution in [-0.2, 0) is 27.5 Å². The first kappa shape index (κ1) is 27.4. The van der Waals surface area contributed by atoms with Crippen LogP contribution in [0.4, 0.5) is 19.0 Å². The number of H-pyrrole nitrogens is 1. The summed E-state index contributed by atoms with van der Waals surface area (Å²) in [6.45, 7) is 0.242. The summed E-state index contributed by atoms with van der Waals surface area (Å²) in [5.41, 5.74) is 1.37. The van der Waals surface area contributed by atoms with Crippen molar-refractivity contribution in [2.75, 3.05) is 11.9 Å². The minimum atomic E-state index is -4.57. The Bertz CT molecular complexity index is 1310. The van der Waals surface area contributed by atoms with Gasteiger partial charge < -0.3 is 15.6 Å². The number of sulfonamides is 1. The average Bonchev–Trinajstić information content (AvgIpc) is 3.52. The molecule has 3 rings (SSSR count). The number of alkyl halides is 3. The molecule has 194 valence electrons. The molecule has 36 heavy (non-hydrogen) atoms. The highest BCUT2D eigenvalue weighted by Crippen LogP contribution is 2.32. The van der Waals surface area contributed by atoms with Crippen molar-refractivity contribution in [2.45, 2.75) is 29.8 Å². The second-order valence-corrected chi connectivity index (χ2v) is 10.6. The Morgan fingerprint density at radius 2 is 1.97 bits per heavy atom. The number of hydrogen-bond acceptors (Lipinski definition) is 8. The van der Waals surface area contributed by atoms with E-state index >= 15 is 0 Å². The Kier molecular flexibility index (Phi) is 8.89. The van der Waals surface area contributed by atoms with Crippen LogP contribution in [0.3, 0.4) is 0 Å². The van der Waals surface area contributed by atoms with E-state index in [2.05, 4.69) is 31.0 Å². The summed E-state index contributed by atoms with van der Waals surface area (Å²) in [6, 6.07) is 3.60. The maximum absolute atomic E-state index is 12.6. The molecule has 0 saturated heterocycles. The summed E-state index contributed by atoms with van der Waals surface area (Å²) in [4.78, 5) is 36.4. The number of aromatic amines is 1. The minimum absolute atomic E-state index is 0.0278. The van der Waals surface area contributed by atoms with E-state index in [4.69, 9.17) is 11.6 Å². The number of thiophene rings is 1. The van der Waals surface area contributed by atoms with Crippen LogP contribution in [0.25, 0.3) is 0 Å². The normalized spacial score (nSPS) is 11.8. The number of pyridine rings is 1. The van der Waals surface area contributed by atoms with Gasteiger partial charge in [0.25, 0.3) is 15.9 Å². The molecular weight excluding hydrogens is 547 g/mol. The van der Waals surface area contributed by atoms with Crippen LogP contribution in [-0.4, -0.2) is 41.7 Å². The SMILES string of the molecule is O=C(CCCNc1ncc(C(F)(F)F)cc1Cl)NNS(=O)(=O)c1ccc(CNC(=O)c2cnc[nH]2)s1. The molecule has 0 radical (unpaired) electrons. The molecule has 0 aliphatic rings. The van der Waals surface area contributed by atoms with E-state index in [0.717, 1.165) is 17.4 Å². The van der Waals surface area contributed by atoms with E-state index in [1.54, 1.807) is 0 Å². The lowest BCUT2D eigenvalue weighted by atomic mass is 10.2. The molecule has 17 heteroatoms. The third-order valence-electron chi connectivity index (χ3n) is 4.43. The van der Waals surface area contributed by atoms with Gasteiger partial charge in [0.05, 0.1) is 29.7 Å². The van der Waals surface area contributed by atoms with Gasteiger partial charge in [0.15, 0.2) is 0 Å². The average molecular weight is 566 g/mol. The number of hydrogen-bond donors (Lipinski definition) is 5. The fourth-order valence-electron chi connectivity index (χ4n) is 2.66. The third-order valence-corrected chi connectivity index (χ3v) is 7.55. The Labute approximate surface area is 211 Å². The van der Waals surface area contributed by atoms with Crippen LogP contribution >= 0.6 is 22.9 Å². The number of halogens is 4. The molecule has 0 unspecified atom stereocenters. The van der Waals surface area contributed by atoms with E-state index in [9.17, 15) is 31.2 Å². The number of amides is 2. The van der Waals surface area contributed by atoms with Crippen molar-refractivity contribution < 1.29 is 31.2 Å². The highest BCUT2D eigenvalue weighted by atomic mass is 35.5. The molecule has 0 aliphatic carbocycles. The fourth-order valence-corrected chi connectivity index (χ4v) is 5.05. The van der Waals surface area contributed by atoms with Crippen molar-refractivity contribution in [1.29, 1.82) is 0 Å². The molecule has 0 atom stereocenters. The zero-order valence-electron chi connectivity index (χ0n) is 18.1. The number of carbonyl (C=O) groups excluding carboxylic acids is 2. The zero-order valence-corrected chi connectivity index (χ0v) is 20.5. The minimum Gasteiger partial charge on any atom is -0.369 e. The van der Waals surface area contributed by atoms with Crippen molar-refractivity contribution in [1.82, 2.24) is 30.5 Å². The van der Waals surface area contributed by atoms with Crippen LogP contribution in [0.5, 0.6) is 0 Å². The molecule has 0 fully saturated rings. The van der Waals surface area contributed by atoms with E-state index in [0.29, 0.717) is 11.1 Å². The molecule has 2 amide bonds. The van der Waals surface area contributed by atoms with Gasteiger partial charge in [-0.1, -0.05) is 11.6 Å². The Hall–Kier alpha value is -3.21. The number of hydrazine groups is 1. The van der Waals surface area contributed by atoms with Gasteiger partial charge in [0, 0.05) is 24.0 Å². The largest absolute Gasteiger partial charge is 0.417 e. The van der Waals surface area contributed by atoms with Gasteiger partial charge in [-0.2, -0.15) is 13.2 Å². The number of carbonyl (C=O) groups is 2. The molecule has 0 spiro atoms. The van der Waals surface area contributed by atoms with Crippen molar-refractivity contribution in [3.8, 4) is 0 Å². The summed E-state index contributed by atoms with van der Waals surface area (Å²) in [6.07, 6.45) is -1.11. The maximum atomic E-state index is 12.6. The summed E-state index contributed by atoms with van der Waals surface area (Å²) >= 11 is 6.70. The third kappa shape index (κ3) is 7.64. The van der Waals surface area contributed by atoms with Crippen molar-refractivity contribution in [3.63, 3.8) is 0 Å². The Balaban J connectivity index is 1.40. The standard InChI is InChI=1S/C19H19ClF3N7O4S2/c20-13-6-11(19(21,22)23)7-26-17(13)25-5-1-2-15(31)29-30-36(33,34)16-4-3-12(35-16)8-27-18(32)14-9-24-10-28-14/h3-4,6-7,9-10,30H,1-2,5,8H2,(H,24,28)(H,25,26)(H,27,32)(H,29,31). The van der Waals surface area contributed by atoms with Gasteiger partial charge >= 0.3 is 6.18 Å². The lowest BCUT2D eigenvalue weighted by Gasteiger charge is -2.11. The van der Waals surface area contributed by atoms with Crippen LogP contribution < -0.4 is 20.9 Å². The zero-order chi connectivity index (χ0) is 26.3. The molecule has 0 aromatic carbocycles. The van der Waals surface area contributed by atoms with Crippen molar-refractivity contribution in [2.24, 2.45) is 0 Å². The molecule has 3 aromatic rings. The smallest absolute Gasteiger partial charge is 0.369 e. The number of nitrogens with zero attached hydrogens (tertiary/aromatic N) is 2. The lowest BCUT2D eigenvalue weighted by Crippen LogP contribution is -2.41. The van der Waals surface area contributed by atoms with Gasteiger partial charge in [0.1, 0.15) is 15.7 Å². The molecule has 5 N–H and O–H groups in total. The van der Waals surface area contributed by atoms with Crippen molar-refractivity contribution in [3.05, 3.63) is 58.1 Å². The molecule has 11 nitrogen and oxygen atoms in total. The van der Waals surface area contributed by atoms with Gasteiger partial charge in [-0.15, -0.1) is 16.2 Å². The highest BCUT2D eigenvalue weighted by Gasteiger charge is 2.31. The first-order valence-corrected chi connectivity index (χ1v) is 12.8. The van der Waals surface area contributed by atoms with Gasteiger partial charge in [0.2, 0.25) is 5.91 Å². The summed E-state index contributed by atoms with van der Waals surface area (Å²) < 4.78 is 62.6. The number of rotatable bonds is 11. The topological polar surface area (TPSA) is 158 Å². The Morgan fingerprint density at radius 3 is 2.64 bits per heavy atom. The predicted octanol–water partition coefficient (Wildman–Crippen LogP) is 2.67. The summed E-state index contributed by atoms with van der Waals surface area (Å²) in [7, 11) is -4.04. The number of aromatic nitrogens is 3. The number of anilines is 1. The van der Waals surface area contributed by atoms with Crippen LogP contribution in [0.1, 0.15) is 33.8 Å². The fraction of sp³-hybridized carbons (Fsp3) is 0.263. The quantitative estimate of drug-likeness (QED) is 0.177. The van der Waals surface area contributed by atoms with Gasteiger partial charge in [-0.3, -0.25) is 15.0 Å². The molecular formula is C19H19ClF3N7O4S2. The molecule has 3 aromatic heterocycles. The molecule has 0 aliphatic heterocycles. The first-order valence-electron chi connectivity index (χ1n) is 10.1.